The summed E-state index contributed by atoms with van der Waals surface area (Å²) in [6, 6.07) is 1.88. The van der Waals surface area contributed by atoms with Crippen LogP contribution < -0.4 is 11.1 Å². The minimum absolute atomic E-state index is 0.00625. The lowest BCUT2D eigenvalue weighted by Crippen LogP contribution is -2.45. The SMILES string of the molecule is CCC(=O)CC[C@@H](NC(=O)Cc1ccc(F)cc1F)C(N)=O. The number of Topliss-reactive ketones (excluding diaryl/α,β-unsaturated/α-hetero) is 1. The van der Waals surface area contributed by atoms with Gasteiger partial charge >= 0.3 is 0 Å². The molecule has 2 amide bonds. The number of primary amides is 1. The molecule has 0 radical (unpaired) electrons. The third kappa shape index (κ3) is 5.59. The highest BCUT2D eigenvalue weighted by molar-refractivity contribution is 5.88. The molecule has 5 nitrogen and oxygen atoms in total. The number of nitrogens with one attached hydrogen (secondary N) is 1. The third-order valence-corrected chi connectivity index (χ3v) is 3.15. The van der Waals surface area contributed by atoms with Crippen molar-refractivity contribution in [2.45, 2.75) is 38.6 Å². The summed E-state index contributed by atoms with van der Waals surface area (Å²) >= 11 is 0. The third-order valence-electron chi connectivity index (χ3n) is 3.15. The molecular weight excluding hydrogens is 294 g/mol. The normalized spacial score (nSPS) is 11.8. The average molecular weight is 312 g/mol. The molecule has 1 aromatic carbocycles. The summed E-state index contributed by atoms with van der Waals surface area (Å²) in [5.41, 5.74) is 5.17. The number of carbonyl (C=O) groups excluding carboxylic acids is 3. The molecule has 0 heterocycles. The highest BCUT2D eigenvalue weighted by Gasteiger charge is 2.19. The summed E-state index contributed by atoms with van der Waals surface area (Å²) < 4.78 is 26.2. The second-order valence-electron chi connectivity index (χ2n) is 4.87. The van der Waals surface area contributed by atoms with Crippen molar-refractivity contribution >= 4 is 17.6 Å². The predicted molar refractivity (Wildman–Crippen MR) is 75.7 cm³/mol. The second kappa shape index (κ2) is 8.21. The number of hydrogen-bond donors (Lipinski definition) is 2. The predicted octanol–water partition coefficient (Wildman–Crippen LogP) is 1.24. The fourth-order valence-electron chi connectivity index (χ4n) is 1.85. The first-order valence-corrected chi connectivity index (χ1v) is 6.87. The molecule has 0 aliphatic carbocycles. The van der Waals surface area contributed by atoms with Crippen LogP contribution in [0.1, 0.15) is 31.7 Å². The summed E-state index contributed by atoms with van der Waals surface area (Å²) in [4.78, 5) is 34.3. The molecule has 0 aliphatic heterocycles. The van der Waals surface area contributed by atoms with Crippen molar-refractivity contribution in [3.8, 4) is 0 Å². The lowest BCUT2D eigenvalue weighted by atomic mass is 10.1. The molecule has 0 spiro atoms. The number of nitrogens with two attached hydrogens (primary N) is 1. The van der Waals surface area contributed by atoms with Gasteiger partial charge in [-0.15, -0.1) is 0 Å². The quantitative estimate of drug-likeness (QED) is 0.757. The number of rotatable bonds is 8. The summed E-state index contributed by atoms with van der Waals surface area (Å²) in [5.74, 6) is -3.03. The minimum atomic E-state index is -0.994. The van der Waals surface area contributed by atoms with Crippen molar-refractivity contribution in [2.75, 3.05) is 0 Å². The number of ketones is 1. The smallest absolute Gasteiger partial charge is 0.240 e. The van der Waals surface area contributed by atoms with Crippen LogP contribution in [0.15, 0.2) is 18.2 Å². The first kappa shape index (κ1) is 17.7. The van der Waals surface area contributed by atoms with Gasteiger partial charge in [0.05, 0.1) is 6.42 Å². The van der Waals surface area contributed by atoms with Crippen molar-refractivity contribution in [1.82, 2.24) is 5.32 Å². The molecule has 0 aliphatic rings. The number of hydrogen-bond acceptors (Lipinski definition) is 3. The van der Waals surface area contributed by atoms with Crippen LogP contribution in [0, 0.1) is 11.6 Å². The van der Waals surface area contributed by atoms with E-state index in [0.29, 0.717) is 12.5 Å². The van der Waals surface area contributed by atoms with Gasteiger partial charge in [-0.1, -0.05) is 13.0 Å². The van der Waals surface area contributed by atoms with Gasteiger partial charge in [-0.25, -0.2) is 8.78 Å². The van der Waals surface area contributed by atoms with E-state index in [1.54, 1.807) is 6.92 Å². The lowest BCUT2D eigenvalue weighted by molar-refractivity contribution is -0.127. The molecule has 0 unspecified atom stereocenters. The molecule has 0 saturated heterocycles. The molecule has 7 heteroatoms. The molecule has 0 fully saturated rings. The van der Waals surface area contributed by atoms with E-state index < -0.39 is 29.5 Å². The number of halogens is 2. The first-order chi connectivity index (χ1) is 10.3. The van der Waals surface area contributed by atoms with Crippen LogP contribution in [0.5, 0.6) is 0 Å². The summed E-state index contributed by atoms with van der Waals surface area (Å²) in [6.07, 6.45) is 0.201. The highest BCUT2D eigenvalue weighted by Crippen LogP contribution is 2.10. The van der Waals surface area contributed by atoms with Gasteiger partial charge in [-0.3, -0.25) is 14.4 Å². The fraction of sp³-hybridized carbons (Fsp3) is 0.400. The van der Waals surface area contributed by atoms with Gasteiger partial charge in [0, 0.05) is 18.9 Å². The van der Waals surface area contributed by atoms with Crippen LogP contribution in [-0.2, 0) is 20.8 Å². The Kier molecular flexibility index (Phi) is 6.62. The topological polar surface area (TPSA) is 89.3 Å². The Bertz CT molecular complexity index is 576. The Morgan fingerprint density at radius 2 is 1.95 bits per heavy atom. The Morgan fingerprint density at radius 3 is 2.50 bits per heavy atom. The standard InChI is InChI=1S/C15H18F2N2O3/c1-2-11(20)5-6-13(15(18)22)19-14(21)7-9-3-4-10(16)8-12(9)17/h3-4,8,13H,2,5-7H2,1H3,(H2,18,22)(H,19,21)/t13-/m1/s1. The van der Waals surface area contributed by atoms with Crippen LogP contribution >= 0.6 is 0 Å². The number of amides is 2. The zero-order valence-electron chi connectivity index (χ0n) is 12.2. The van der Waals surface area contributed by atoms with Crippen LogP contribution in [0.3, 0.4) is 0 Å². The van der Waals surface area contributed by atoms with E-state index in [0.717, 1.165) is 12.1 Å². The largest absolute Gasteiger partial charge is 0.368 e. The van der Waals surface area contributed by atoms with Gasteiger partial charge < -0.3 is 11.1 Å². The summed E-state index contributed by atoms with van der Waals surface area (Å²) in [6.45, 7) is 1.69. The molecule has 1 atom stereocenters. The molecule has 22 heavy (non-hydrogen) atoms. The van der Waals surface area contributed by atoms with Crippen LogP contribution in [0.25, 0.3) is 0 Å². The molecule has 120 valence electrons. The van der Waals surface area contributed by atoms with Crippen LogP contribution in [0.4, 0.5) is 8.78 Å². The van der Waals surface area contributed by atoms with Crippen molar-refractivity contribution < 1.29 is 23.2 Å². The average Bonchev–Trinajstić information content (AvgIpc) is 2.45. The molecule has 1 aromatic rings. The Balaban J connectivity index is 2.63. The van der Waals surface area contributed by atoms with Gasteiger partial charge in [0.15, 0.2) is 0 Å². The van der Waals surface area contributed by atoms with E-state index in [1.807, 2.05) is 0 Å². The Morgan fingerprint density at radius 1 is 1.27 bits per heavy atom. The lowest BCUT2D eigenvalue weighted by Gasteiger charge is -2.15. The second-order valence-corrected chi connectivity index (χ2v) is 4.87. The zero-order valence-corrected chi connectivity index (χ0v) is 12.2. The maximum Gasteiger partial charge on any atom is 0.240 e. The van der Waals surface area contributed by atoms with Gasteiger partial charge in [-0.2, -0.15) is 0 Å². The Hall–Kier alpha value is -2.31. The minimum Gasteiger partial charge on any atom is -0.368 e. The molecule has 0 aromatic heterocycles. The van der Waals surface area contributed by atoms with Crippen molar-refractivity contribution in [2.24, 2.45) is 5.73 Å². The van der Waals surface area contributed by atoms with E-state index in [9.17, 15) is 23.2 Å². The maximum atomic E-state index is 13.5. The van der Waals surface area contributed by atoms with E-state index in [4.69, 9.17) is 5.73 Å². The number of benzene rings is 1. The summed E-state index contributed by atoms with van der Waals surface area (Å²) in [5, 5.41) is 2.36. The molecule has 0 saturated carbocycles. The van der Waals surface area contributed by atoms with Crippen molar-refractivity contribution in [3.63, 3.8) is 0 Å². The van der Waals surface area contributed by atoms with Gasteiger partial charge in [-0.05, 0) is 18.1 Å². The number of carbonyl (C=O) groups is 3. The van der Waals surface area contributed by atoms with Crippen LogP contribution in [0.2, 0.25) is 0 Å². The monoisotopic (exact) mass is 312 g/mol. The van der Waals surface area contributed by atoms with E-state index in [1.165, 1.54) is 0 Å². The summed E-state index contributed by atoms with van der Waals surface area (Å²) in [7, 11) is 0. The maximum absolute atomic E-state index is 13.5. The molecule has 3 N–H and O–H groups in total. The molecule has 0 bridgehead atoms. The van der Waals surface area contributed by atoms with E-state index >= 15 is 0 Å². The molecular formula is C15H18F2N2O3. The fourth-order valence-corrected chi connectivity index (χ4v) is 1.85. The van der Waals surface area contributed by atoms with E-state index in [2.05, 4.69) is 5.32 Å². The zero-order chi connectivity index (χ0) is 16.7. The molecule has 1 rings (SSSR count). The van der Waals surface area contributed by atoms with Crippen LogP contribution in [-0.4, -0.2) is 23.6 Å². The van der Waals surface area contributed by atoms with Gasteiger partial charge in [0.1, 0.15) is 23.5 Å². The van der Waals surface area contributed by atoms with Crippen molar-refractivity contribution in [3.05, 3.63) is 35.4 Å². The first-order valence-electron chi connectivity index (χ1n) is 6.87. The van der Waals surface area contributed by atoms with Gasteiger partial charge in [0.25, 0.3) is 0 Å². The van der Waals surface area contributed by atoms with Gasteiger partial charge in [0.2, 0.25) is 11.8 Å². The van der Waals surface area contributed by atoms with E-state index in [-0.39, 0.29) is 30.6 Å². The highest BCUT2D eigenvalue weighted by atomic mass is 19.1. The Labute approximate surface area is 126 Å². The van der Waals surface area contributed by atoms with Crippen molar-refractivity contribution in [1.29, 1.82) is 0 Å².